The van der Waals surface area contributed by atoms with Crippen LogP contribution in [0.5, 0.6) is 11.5 Å². The SMILES string of the molecule is CCCCc1ccc(C2=[N+](c3ccccc3F)C(C)Cc3cc4c(cc32)OCO4)cc1.[Cl-]. The summed E-state index contributed by atoms with van der Waals surface area (Å²) in [5.41, 5.74) is 6.30. The highest BCUT2D eigenvalue weighted by atomic mass is 35.5. The van der Waals surface area contributed by atoms with Crippen molar-refractivity contribution in [2.45, 2.75) is 45.6 Å². The topological polar surface area (TPSA) is 21.5 Å². The van der Waals surface area contributed by atoms with Gasteiger partial charge >= 0.3 is 0 Å². The van der Waals surface area contributed by atoms with Crippen LogP contribution in [0.2, 0.25) is 0 Å². The summed E-state index contributed by atoms with van der Waals surface area (Å²) in [5, 5.41) is 0. The number of para-hydroxylation sites is 1. The number of hydrogen-bond donors (Lipinski definition) is 0. The van der Waals surface area contributed by atoms with E-state index in [0.717, 1.165) is 41.2 Å². The predicted molar refractivity (Wildman–Crippen MR) is 120 cm³/mol. The number of fused-ring (bicyclic) bond motifs is 2. The number of hydrogen-bond acceptors (Lipinski definition) is 2. The number of unbranched alkanes of at least 4 members (excludes halogenated alkanes) is 1. The summed E-state index contributed by atoms with van der Waals surface area (Å²) in [5.74, 6) is 1.33. The van der Waals surface area contributed by atoms with Crippen LogP contribution in [0.1, 0.15) is 48.9 Å². The highest BCUT2D eigenvalue weighted by Crippen LogP contribution is 2.39. The minimum atomic E-state index is -0.212. The van der Waals surface area contributed by atoms with Gasteiger partial charge in [0.2, 0.25) is 18.2 Å². The summed E-state index contributed by atoms with van der Waals surface area (Å²) in [4.78, 5) is 0. The Kier molecular flexibility index (Phi) is 6.52. The smallest absolute Gasteiger partial charge is 0.242 e. The normalized spacial score (nSPS) is 16.5. The highest BCUT2D eigenvalue weighted by molar-refractivity contribution is 6.12. The molecule has 0 bridgehead atoms. The Bertz CT molecular complexity index is 1160. The van der Waals surface area contributed by atoms with E-state index in [0.29, 0.717) is 5.69 Å². The standard InChI is InChI=1S/C27H27FNO2.ClH/c1-3-4-7-19-10-12-20(13-11-19)27-22-16-26-25(30-17-31-26)15-21(22)14-18(2)29(27)24-9-6-5-8-23(24)28;/h5-6,8-13,15-16,18H,3-4,7,14,17H2,1-2H3;1H/q+1;/p-1. The largest absolute Gasteiger partial charge is 1.00 e. The Hall–Kier alpha value is -2.85. The maximum atomic E-state index is 14.9. The van der Waals surface area contributed by atoms with Crippen molar-refractivity contribution in [3.8, 4) is 11.5 Å². The molecule has 2 heterocycles. The minimum absolute atomic E-state index is 0. The molecule has 1 unspecified atom stereocenters. The van der Waals surface area contributed by atoms with Gasteiger partial charge in [-0.15, -0.1) is 0 Å². The van der Waals surface area contributed by atoms with Crippen LogP contribution in [0.4, 0.5) is 10.1 Å². The lowest BCUT2D eigenvalue weighted by Gasteiger charge is -2.24. The fraction of sp³-hybridized carbons (Fsp3) is 0.296. The van der Waals surface area contributed by atoms with Crippen molar-refractivity contribution in [1.82, 2.24) is 0 Å². The third-order valence-corrected chi connectivity index (χ3v) is 6.21. The molecule has 0 amide bonds. The number of aryl methyl sites for hydroxylation is 1. The molecule has 2 aliphatic rings. The van der Waals surface area contributed by atoms with Gasteiger partial charge in [0.15, 0.2) is 23.4 Å². The fourth-order valence-corrected chi connectivity index (χ4v) is 4.64. The number of rotatable bonds is 5. The molecular weight excluding hydrogens is 425 g/mol. The van der Waals surface area contributed by atoms with E-state index in [1.54, 1.807) is 6.07 Å². The Morgan fingerprint density at radius 2 is 1.72 bits per heavy atom. The molecule has 0 aromatic heterocycles. The van der Waals surface area contributed by atoms with Gasteiger partial charge in [-0.2, -0.15) is 8.97 Å². The van der Waals surface area contributed by atoms with Crippen molar-refractivity contribution in [2.75, 3.05) is 6.79 Å². The van der Waals surface area contributed by atoms with Crippen LogP contribution in [-0.2, 0) is 12.8 Å². The Morgan fingerprint density at radius 1 is 1.00 bits per heavy atom. The molecule has 0 N–H and O–H groups in total. The minimum Gasteiger partial charge on any atom is -1.00 e. The van der Waals surface area contributed by atoms with Gasteiger partial charge in [-0.1, -0.05) is 37.6 Å². The summed E-state index contributed by atoms with van der Waals surface area (Å²) >= 11 is 0. The molecular formula is C27H27ClFNO2. The molecule has 0 radical (unpaired) electrons. The lowest BCUT2D eigenvalue weighted by atomic mass is 9.88. The van der Waals surface area contributed by atoms with E-state index in [1.165, 1.54) is 30.0 Å². The third kappa shape index (κ3) is 4.00. The fourth-order valence-electron chi connectivity index (χ4n) is 4.64. The van der Waals surface area contributed by atoms with Crippen LogP contribution in [0.25, 0.3) is 0 Å². The molecule has 5 heteroatoms. The monoisotopic (exact) mass is 451 g/mol. The van der Waals surface area contributed by atoms with Crippen LogP contribution in [-0.4, -0.2) is 23.1 Å². The molecule has 5 rings (SSSR count). The molecule has 166 valence electrons. The van der Waals surface area contributed by atoms with Crippen molar-refractivity contribution < 1.29 is 30.8 Å². The lowest BCUT2D eigenvalue weighted by molar-refractivity contribution is -0.483. The Morgan fingerprint density at radius 3 is 2.44 bits per heavy atom. The van der Waals surface area contributed by atoms with Crippen molar-refractivity contribution in [2.24, 2.45) is 0 Å². The molecule has 3 aromatic carbocycles. The number of ether oxygens (including phenoxy) is 2. The number of nitrogens with zero attached hydrogens (tertiary/aromatic N) is 1. The van der Waals surface area contributed by atoms with E-state index in [-0.39, 0.29) is 31.1 Å². The first kappa shape index (κ1) is 22.3. The van der Waals surface area contributed by atoms with Crippen LogP contribution < -0.4 is 21.9 Å². The van der Waals surface area contributed by atoms with Gasteiger partial charge in [-0.05, 0) is 61.2 Å². The van der Waals surface area contributed by atoms with E-state index in [9.17, 15) is 4.39 Å². The van der Waals surface area contributed by atoms with Crippen LogP contribution in [0, 0.1) is 5.82 Å². The average Bonchev–Trinajstić information content (AvgIpc) is 3.24. The van der Waals surface area contributed by atoms with Gasteiger partial charge in [0.25, 0.3) is 0 Å². The molecule has 0 saturated carbocycles. The van der Waals surface area contributed by atoms with Crippen LogP contribution >= 0.6 is 0 Å². The van der Waals surface area contributed by atoms with E-state index >= 15 is 0 Å². The third-order valence-electron chi connectivity index (χ3n) is 6.21. The Balaban J connectivity index is 0.00000245. The van der Waals surface area contributed by atoms with E-state index < -0.39 is 0 Å². The summed E-state index contributed by atoms with van der Waals surface area (Å²) in [7, 11) is 0. The predicted octanol–water partition coefficient (Wildman–Crippen LogP) is 3.03. The molecule has 2 aliphatic heterocycles. The van der Waals surface area contributed by atoms with Gasteiger partial charge in [-0.25, -0.2) is 0 Å². The van der Waals surface area contributed by atoms with Gasteiger partial charge in [0.1, 0.15) is 0 Å². The average molecular weight is 452 g/mol. The van der Waals surface area contributed by atoms with Gasteiger partial charge in [0.05, 0.1) is 5.56 Å². The quantitative estimate of drug-likeness (QED) is 0.556. The summed E-state index contributed by atoms with van der Waals surface area (Å²) in [6, 6.07) is 20.0. The summed E-state index contributed by atoms with van der Waals surface area (Å²) in [6.45, 7) is 4.60. The maximum Gasteiger partial charge on any atom is 0.242 e. The lowest BCUT2D eigenvalue weighted by Crippen LogP contribution is -3.00. The first-order valence-corrected chi connectivity index (χ1v) is 11.1. The van der Waals surface area contributed by atoms with Crippen molar-refractivity contribution in [3.63, 3.8) is 0 Å². The zero-order valence-electron chi connectivity index (χ0n) is 18.4. The van der Waals surface area contributed by atoms with Crippen molar-refractivity contribution >= 4 is 11.4 Å². The van der Waals surface area contributed by atoms with E-state index in [4.69, 9.17) is 9.47 Å². The molecule has 3 nitrogen and oxygen atoms in total. The van der Waals surface area contributed by atoms with Crippen molar-refractivity contribution in [3.05, 3.63) is 88.7 Å². The first-order chi connectivity index (χ1) is 15.2. The zero-order chi connectivity index (χ0) is 21.4. The van der Waals surface area contributed by atoms with Crippen molar-refractivity contribution in [1.29, 1.82) is 0 Å². The second kappa shape index (κ2) is 9.33. The molecule has 0 fully saturated rings. The molecule has 0 aliphatic carbocycles. The number of benzene rings is 3. The van der Waals surface area contributed by atoms with Gasteiger partial charge in [-0.3, -0.25) is 0 Å². The number of halogens is 2. The molecule has 0 saturated heterocycles. The second-order valence-corrected chi connectivity index (χ2v) is 8.39. The van der Waals surface area contributed by atoms with Crippen LogP contribution in [0.3, 0.4) is 0 Å². The summed E-state index contributed by atoms with van der Waals surface area (Å²) in [6.07, 6.45) is 4.24. The van der Waals surface area contributed by atoms with Crippen LogP contribution in [0.15, 0.2) is 60.7 Å². The van der Waals surface area contributed by atoms with Gasteiger partial charge in [0, 0.05) is 18.1 Å². The summed E-state index contributed by atoms with van der Waals surface area (Å²) < 4.78 is 28.4. The van der Waals surface area contributed by atoms with Gasteiger partial charge < -0.3 is 21.9 Å². The highest BCUT2D eigenvalue weighted by Gasteiger charge is 2.36. The Labute approximate surface area is 194 Å². The van der Waals surface area contributed by atoms with E-state index in [2.05, 4.69) is 54.8 Å². The maximum absolute atomic E-state index is 14.9. The molecule has 1 atom stereocenters. The zero-order valence-corrected chi connectivity index (χ0v) is 19.2. The molecule has 0 spiro atoms. The second-order valence-electron chi connectivity index (χ2n) is 8.39. The first-order valence-electron chi connectivity index (χ1n) is 11.1. The van der Waals surface area contributed by atoms with E-state index in [1.807, 2.05) is 12.1 Å². The molecule has 32 heavy (non-hydrogen) atoms. The molecule has 3 aromatic rings.